The van der Waals surface area contributed by atoms with Crippen LogP contribution < -0.4 is 5.32 Å². The van der Waals surface area contributed by atoms with Gasteiger partial charge in [-0.05, 0) is 37.0 Å². The molecule has 3 heterocycles. The molecular formula is C15H14N4O2S2. The van der Waals surface area contributed by atoms with Crippen molar-refractivity contribution in [2.45, 2.75) is 0 Å². The molecular weight excluding hydrogens is 332 g/mol. The predicted octanol–water partition coefficient (Wildman–Crippen LogP) is 2.48. The van der Waals surface area contributed by atoms with Gasteiger partial charge in [-0.3, -0.25) is 14.9 Å². The highest BCUT2D eigenvalue weighted by Crippen LogP contribution is 2.26. The molecule has 0 atom stereocenters. The number of anilines is 1. The van der Waals surface area contributed by atoms with Gasteiger partial charge in [0, 0.05) is 0 Å². The highest BCUT2D eigenvalue weighted by molar-refractivity contribution is 7.17. The third-order valence-corrected chi connectivity index (χ3v) is 4.75. The number of carbonyl (C=O) groups is 2. The quantitative estimate of drug-likeness (QED) is 0.718. The van der Waals surface area contributed by atoms with Crippen molar-refractivity contribution >= 4 is 50.5 Å². The van der Waals surface area contributed by atoms with E-state index in [0.29, 0.717) is 16.1 Å². The third kappa shape index (κ3) is 3.44. The van der Waals surface area contributed by atoms with E-state index in [0.717, 1.165) is 4.70 Å². The summed E-state index contributed by atoms with van der Waals surface area (Å²) in [5.41, 5.74) is 0.984. The molecule has 118 valence electrons. The molecule has 0 spiro atoms. The smallest absolute Gasteiger partial charge is 0.240 e. The first kappa shape index (κ1) is 15.7. The van der Waals surface area contributed by atoms with Crippen molar-refractivity contribution in [3.05, 3.63) is 39.5 Å². The third-order valence-electron chi connectivity index (χ3n) is 2.97. The lowest BCUT2D eigenvalue weighted by molar-refractivity contribution is -0.116. The number of aromatic nitrogens is 2. The van der Waals surface area contributed by atoms with Gasteiger partial charge in [-0.15, -0.1) is 22.7 Å². The summed E-state index contributed by atoms with van der Waals surface area (Å²) in [7, 11) is 3.60. The summed E-state index contributed by atoms with van der Waals surface area (Å²) in [6, 6.07) is 5.40. The highest BCUT2D eigenvalue weighted by Gasteiger charge is 2.19. The van der Waals surface area contributed by atoms with Crippen LogP contribution in [-0.4, -0.2) is 47.2 Å². The fourth-order valence-electron chi connectivity index (χ4n) is 2.05. The molecule has 0 saturated heterocycles. The zero-order valence-electron chi connectivity index (χ0n) is 12.6. The normalized spacial score (nSPS) is 11.1. The summed E-state index contributed by atoms with van der Waals surface area (Å²) in [6.07, 6.45) is 0. The first-order chi connectivity index (χ1) is 11.0. The standard InChI is InChI=1S/C15H14N4O2S2/c1-19(2)8-11(20)17-15-16-9-5-7-23-14(9)12(18-15)13(21)10-4-3-6-22-10/h3-7H,8H2,1-2H3,(H,16,17,18,20). The van der Waals surface area contributed by atoms with Gasteiger partial charge in [0.1, 0.15) is 5.69 Å². The molecule has 3 rings (SSSR count). The SMILES string of the molecule is CN(C)CC(=O)Nc1nc(C(=O)c2cccs2)c2sccc2n1. The Hall–Kier alpha value is -2.16. The summed E-state index contributed by atoms with van der Waals surface area (Å²) < 4.78 is 0.731. The predicted molar refractivity (Wildman–Crippen MR) is 92.4 cm³/mol. The van der Waals surface area contributed by atoms with Crippen molar-refractivity contribution in [1.82, 2.24) is 14.9 Å². The summed E-state index contributed by atoms with van der Waals surface area (Å²) in [4.78, 5) is 35.5. The first-order valence-electron chi connectivity index (χ1n) is 6.82. The van der Waals surface area contributed by atoms with Gasteiger partial charge in [-0.2, -0.15) is 0 Å². The molecule has 8 heteroatoms. The minimum atomic E-state index is -0.223. The van der Waals surface area contributed by atoms with Crippen LogP contribution >= 0.6 is 22.7 Å². The summed E-state index contributed by atoms with van der Waals surface area (Å²) in [5.74, 6) is -0.222. The average molecular weight is 346 g/mol. The molecule has 0 unspecified atom stereocenters. The number of rotatable bonds is 5. The zero-order valence-corrected chi connectivity index (χ0v) is 14.2. The van der Waals surface area contributed by atoms with E-state index in [-0.39, 0.29) is 24.2 Å². The number of thiophene rings is 2. The summed E-state index contributed by atoms with van der Waals surface area (Å²) >= 11 is 2.78. The van der Waals surface area contributed by atoms with Crippen LogP contribution in [0, 0.1) is 0 Å². The number of fused-ring (bicyclic) bond motifs is 1. The number of ketones is 1. The Balaban J connectivity index is 1.98. The molecule has 0 aliphatic rings. The van der Waals surface area contributed by atoms with Crippen LogP contribution in [0.25, 0.3) is 10.2 Å². The number of hydrogen-bond acceptors (Lipinski definition) is 7. The van der Waals surface area contributed by atoms with Crippen molar-refractivity contribution < 1.29 is 9.59 Å². The molecule has 1 N–H and O–H groups in total. The first-order valence-corrected chi connectivity index (χ1v) is 8.58. The summed E-state index contributed by atoms with van der Waals surface area (Å²) in [5, 5.41) is 6.35. The molecule has 0 saturated carbocycles. The Labute approximate surface area is 140 Å². The van der Waals surface area contributed by atoms with E-state index in [1.165, 1.54) is 22.7 Å². The van der Waals surface area contributed by atoms with Gasteiger partial charge in [0.2, 0.25) is 17.6 Å². The number of nitrogens with zero attached hydrogens (tertiary/aromatic N) is 3. The van der Waals surface area contributed by atoms with Gasteiger partial charge in [-0.25, -0.2) is 9.97 Å². The number of likely N-dealkylation sites (N-methyl/N-ethyl adjacent to an activating group) is 1. The molecule has 23 heavy (non-hydrogen) atoms. The van der Waals surface area contributed by atoms with Crippen LogP contribution in [0.1, 0.15) is 15.4 Å². The molecule has 1 amide bonds. The van der Waals surface area contributed by atoms with Crippen LogP contribution in [0.4, 0.5) is 5.95 Å². The van der Waals surface area contributed by atoms with Crippen LogP contribution in [0.2, 0.25) is 0 Å². The number of nitrogens with one attached hydrogen (secondary N) is 1. The van der Waals surface area contributed by atoms with Gasteiger partial charge in [0.25, 0.3) is 0 Å². The second kappa shape index (κ2) is 6.53. The van der Waals surface area contributed by atoms with E-state index in [1.54, 1.807) is 25.1 Å². The Morgan fingerprint density at radius 1 is 1.17 bits per heavy atom. The number of hydrogen-bond donors (Lipinski definition) is 1. The van der Waals surface area contributed by atoms with Crippen LogP contribution in [0.3, 0.4) is 0 Å². The number of carbonyl (C=O) groups excluding carboxylic acids is 2. The lowest BCUT2D eigenvalue weighted by Gasteiger charge is -2.10. The van der Waals surface area contributed by atoms with Gasteiger partial charge >= 0.3 is 0 Å². The molecule has 0 radical (unpaired) electrons. The lowest BCUT2D eigenvalue weighted by atomic mass is 10.2. The molecule has 0 aromatic carbocycles. The second-order valence-corrected chi connectivity index (χ2v) is 6.99. The maximum atomic E-state index is 12.6. The van der Waals surface area contributed by atoms with Crippen LogP contribution in [-0.2, 0) is 4.79 Å². The van der Waals surface area contributed by atoms with E-state index in [1.807, 2.05) is 22.9 Å². The minimum absolute atomic E-state index is 0.155. The van der Waals surface area contributed by atoms with E-state index in [4.69, 9.17) is 0 Å². The number of amides is 1. The molecule has 0 aliphatic carbocycles. The van der Waals surface area contributed by atoms with Gasteiger partial charge in [0.15, 0.2) is 0 Å². The Morgan fingerprint density at radius 2 is 2.00 bits per heavy atom. The van der Waals surface area contributed by atoms with Crippen molar-refractivity contribution in [3.8, 4) is 0 Å². The average Bonchev–Trinajstić information content (AvgIpc) is 3.15. The maximum absolute atomic E-state index is 12.6. The summed E-state index contributed by atoms with van der Waals surface area (Å²) in [6.45, 7) is 0.221. The van der Waals surface area contributed by atoms with Crippen molar-refractivity contribution in [1.29, 1.82) is 0 Å². The fourth-order valence-corrected chi connectivity index (χ4v) is 3.53. The van der Waals surface area contributed by atoms with Gasteiger partial charge < -0.3 is 4.90 Å². The Morgan fingerprint density at radius 3 is 2.70 bits per heavy atom. The van der Waals surface area contributed by atoms with Crippen LogP contribution in [0.15, 0.2) is 29.0 Å². The topological polar surface area (TPSA) is 75.2 Å². The molecule has 0 fully saturated rings. The van der Waals surface area contributed by atoms with E-state index < -0.39 is 0 Å². The molecule has 3 aromatic rings. The largest absolute Gasteiger partial charge is 0.301 e. The molecule has 6 nitrogen and oxygen atoms in total. The van der Waals surface area contributed by atoms with E-state index in [9.17, 15) is 9.59 Å². The van der Waals surface area contributed by atoms with Crippen molar-refractivity contribution in [3.63, 3.8) is 0 Å². The van der Waals surface area contributed by atoms with Crippen molar-refractivity contribution in [2.75, 3.05) is 26.0 Å². The van der Waals surface area contributed by atoms with E-state index >= 15 is 0 Å². The monoisotopic (exact) mass is 346 g/mol. The fraction of sp³-hybridized carbons (Fsp3) is 0.200. The molecule has 0 aliphatic heterocycles. The highest BCUT2D eigenvalue weighted by atomic mass is 32.1. The van der Waals surface area contributed by atoms with Crippen LogP contribution in [0.5, 0.6) is 0 Å². The Kier molecular flexibility index (Phi) is 4.46. The van der Waals surface area contributed by atoms with Crippen molar-refractivity contribution in [2.24, 2.45) is 0 Å². The lowest BCUT2D eigenvalue weighted by Crippen LogP contribution is -2.28. The maximum Gasteiger partial charge on any atom is 0.240 e. The van der Waals surface area contributed by atoms with Gasteiger partial charge in [-0.1, -0.05) is 6.07 Å². The minimum Gasteiger partial charge on any atom is -0.301 e. The molecule has 0 bridgehead atoms. The zero-order chi connectivity index (χ0) is 16.4. The van der Waals surface area contributed by atoms with E-state index in [2.05, 4.69) is 15.3 Å². The second-order valence-electron chi connectivity index (χ2n) is 5.12. The van der Waals surface area contributed by atoms with Gasteiger partial charge in [0.05, 0.1) is 21.6 Å². The Bertz CT molecular complexity index is 856. The molecule has 3 aromatic heterocycles.